The van der Waals surface area contributed by atoms with E-state index >= 15 is 0 Å². The fraction of sp³-hybridized carbons (Fsp3) is 0.286. The summed E-state index contributed by atoms with van der Waals surface area (Å²) in [5.74, 6) is -0.624. The number of carbonyl (C=O) groups is 3. The molecule has 7 nitrogen and oxygen atoms in total. The zero-order valence-corrected chi connectivity index (χ0v) is 17.9. The largest absolute Gasteiger partial charge is 0.355 e. The van der Waals surface area contributed by atoms with Gasteiger partial charge in [-0.05, 0) is 61.9 Å². The third kappa shape index (κ3) is 5.72. The van der Waals surface area contributed by atoms with Gasteiger partial charge in [-0.1, -0.05) is 23.2 Å². The SMILES string of the molecule is CNC(=O)c1ccc(NC(=O)CN2CCCC2C(=O)Nc2cc(Cl)cc(Cl)c2)cc1. The van der Waals surface area contributed by atoms with Gasteiger partial charge < -0.3 is 16.0 Å². The molecule has 1 unspecified atom stereocenters. The van der Waals surface area contributed by atoms with Crippen LogP contribution in [0.3, 0.4) is 0 Å². The van der Waals surface area contributed by atoms with Crippen molar-refractivity contribution in [1.29, 1.82) is 0 Å². The van der Waals surface area contributed by atoms with Crippen molar-refractivity contribution in [1.82, 2.24) is 10.2 Å². The molecule has 2 aromatic rings. The lowest BCUT2D eigenvalue weighted by molar-refractivity contribution is -0.122. The van der Waals surface area contributed by atoms with Crippen LogP contribution in [0.15, 0.2) is 42.5 Å². The van der Waals surface area contributed by atoms with Crippen molar-refractivity contribution in [3.05, 3.63) is 58.1 Å². The molecule has 3 amide bonds. The van der Waals surface area contributed by atoms with Crippen LogP contribution in [0.5, 0.6) is 0 Å². The molecule has 0 bridgehead atoms. The molecule has 1 atom stereocenters. The van der Waals surface area contributed by atoms with Gasteiger partial charge in [0, 0.05) is 34.0 Å². The number of hydrogen-bond donors (Lipinski definition) is 3. The maximum Gasteiger partial charge on any atom is 0.251 e. The minimum absolute atomic E-state index is 0.0889. The standard InChI is InChI=1S/C21H22Cl2N4O3/c1-24-20(29)13-4-6-16(7-5-13)25-19(28)12-27-8-2-3-18(27)21(30)26-17-10-14(22)9-15(23)11-17/h4-7,9-11,18H,2-3,8,12H2,1H3,(H,24,29)(H,25,28)(H,26,30). The zero-order valence-electron chi connectivity index (χ0n) is 16.4. The molecule has 2 aromatic carbocycles. The van der Waals surface area contributed by atoms with E-state index < -0.39 is 6.04 Å². The highest BCUT2D eigenvalue weighted by atomic mass is 35.5. The third-order valence-electron chi connectivity index (χ3n) is 4.80. The highest BCUT2D eigenvalue weighted by Crippen LogP contribution is 2.24. The molecule has 0 radical (unpaired) electrons. The molecular formula is C21H22Cl2N4O3. The van der Waals surface area contributed by atoms with E-state index in [1.54, 1.807) is 49.5 Å². The van der Waals surface area contributed by atoms with Gasteiger partial charge in [0.25, 0.3) is 5.91 Å². The van der Waals surface area contributed by atoms with E-state index in [2.05, 4.69) is 16.0 Å². The Morgan fingerprint density at radius 1 is 1.00 bits per heavy atom. The number of rotatable bonds is 6. The number of hydrogen-bond acceptors (Lipinski definition) is 4. The lowest BCUT2D eigenvalue weighted by Crippen LogP contribution is -2.43. The van der Waals surface area contributed by atoms with E-state index in [4.69, 9.17) is 23.2 Å². The normalized spacial score (nSPS) is 16.2. The molecular weight excluding hydrogens is 427 g/mol. The van der Waals surface area contributed by atoms with Gasteiger partial charge in [-0.2, -0.15) is 0 Å². The van der Waals surface area contributed by atoms with Crippen molar-refractivity contribution in [3.63, 3.8) is 0 Å². The van der Waals surface area contributed by atoms with E-state index in [0.717, 1.165) is 6.42 Å². The number of halogens is 2. The average Bonchev–Trinajstić information content (AvgIpc) is 3.15. The van der Waals surface area contributed by atoms with Crippen molar-refractivity contribution in [2.45, 2.75) is 18.9 Å². The van der Waals surface area contributed by atoms with Crippen LogP contribution in [0.25, 0.3) is 0 Å². The first-order valence-corrected chi connectivity index (χ1v) is 10.2. The van der Waals surface area contributed by atoms with Crippen molar-refractivity contribution >= 4 is 52.3 Å². The molecule has 158 valence electrons. The number of amides is 3. The Kier molecular flexibility index (Phi) is 7.31. The first kappa shape index (κ1) is 22.1. The van der Waals surface area contributed by atoms with Crippen LogP contribution < -0.4 is 16.0 Å². The quantitative estimate of drug-likeness (QED) is 0.631. The second-order valence-corrected chi connectivity index (χ2v) is 7.85. The van der Waals surface area contributed by atoms with Crippen molar-refractivity contribution in [2.75, 3.05) is 30.8 Å². The Hall–Kier alpha value is -2.61. The van der Waals surface area contributed by atoms with Gasteiger partial charge >= 0.3 is 0 Å². The Balaban J connectivity index is 1.58. The van der Waals surface area contributed by atoms with Crippen molar-refractivity contribution < 1.29 is 14.4 Å². The number of carbonyl (C=O) groups excluding carboxylic acids is 3. The van der Waals surface area contributed by atoms with Crippen molar-refractivity contribution in [3.8, 4) is 0 Å². The minimum Gasteiger partial charge on any atom is -0.355 e. The molecule has 3 rings (SSSR count). The number of likely N-dealkylation sites (tertiary alicyclic amines) is 1. The van der Waals surface area contributed by atoms with Gasteiger partial charge in [-0.15, -0.1) is 0 Å². The molecule has 0 saturated carbocycles. The summed E-state index contributed by atoms with van der Waals surface area (Å²) in [7, 11) is 1.56. The van der Waals surface area contributed by atoms with E-state index in [0.29, 0.717) is 39.9 Å². The predicted molar refractivity (Wildman–Crippen MR) is 118 cm³/mol. The van der Waals surface area contributed by atoms with Gasteiger partial charge in [0.05, 0.1) is 12.6 Å². The van der Waals surface area contributed by atoms with Crippen LogP contribution in [0.1, 0.15) is 23.2 Å². The molecule has 1 heterocycles. The van der Waals surface area contributed by atoms with Crippen LogP contribution in [0, 0.1) is 0 Å². The number of nitrogens with one attached hydrogen (secondary N) is 3. The summed E-state index contributed by atoms with van der Waals surface area (Å²) in [5.41, 5.74) is 1.61. The number of anilines is 2. The first-order chi connectivity index (χ1) is 14.4. The smallest absolute Gasteiger partial charge is 0.251 e. The van der Waals surface area contributed by atoms with Gasteiger partial charge in [-0.3, -0.25) is 19.3 Å². The Morgan fingerprint density at radius 2 is 1.67 bits per heavy atom. The molecule has 0 aliphatic carbocycles. The Bertz CT molecular complexity index is 930. The van der Waals surface area contributed by atoms with Crippen LogP contribution in [0.2, 0.25) is 10.0 Å². The summed E-state index contributed by atoms with van der Waals surface area (Å²) in [6.45, 7) is 0.739. The van der Waals surface area contributed by atoms with Gasteiger partial charge in [-0.25, -0.2) is 0 Å². The average molecular weight is 449 g/mol. The van der Waals surface area contributed by atoms with Crippen LogP contribution in [-0.4, -0.2) is 48.8 Å². The van der Waals surface area contributed by atoms with Gasteiger partial charge in [0.2, 0.25) is 11.8 Å². The Morgan fingerprint density at radius 3 is 2.30 bits per heavy atom. The maximum absolute atomic E-state index is 12.7. The molecule has 1 saturated heterocycles. The second kappa shape index (κ2) is 9.93. The first-order valence-electron chi connectivity index (χ1n) is 9.48. The third-order valence-corrected chi connectivity index (χ3v) is 5.24. The molecule has 0 spiro atoms. The molecule has 30 heavy (non-hydrogen) atoms. The lowest BCUT2D eigenvalue weighted by Gasteiger charge is -2.23. The minimum atomic E-state index is -0.413. The fourth-order valence-corrected chi connectivity index (χ4v) is 3.92. The van der Waals surface area contributed by atoms with Crippen LogP contribution in [-0.2, 0) is 9.59 Å². The summed E-state index contributed by atoms with van der Waals surface area (Å²) < 4.78 is 0. The lowest BCUT2D eigenvalue weighted by atomic mass is 10.2. The highest BCUT2D eigenvalue weighted by molar-refractivity contribution is 6.35. The molecule has 3 N–H and O–H groups in total. The van der Waals surface area contributed by atoms with Gasteiger partial charge in [0.15, 0.2) is 0 Å². The molecule has 0 aromatic heterocycles. The van der Waals surface area contributed by atoms with Crippen LogP contribution in [0.4, 0.5) is 11.4 Å². The topological polar surface area (TPSA) is 90.5 Å². The maximum atomic E-state index is 12.7. The highest BCUT2D eigenvalue weighted by Gasteiger charge is 2.32. The van der Waals surface area contributed by atoms with E-state index in [1.807, 2.05) is 4.90 Å². The summed E-state index contributed by atoms with van der Waals surface area (Å²) in [5, 5.41) is 9.03. The number of nitrogens with zero attached hydrogens (tertiary/aromatic N) is 1. The Labute approximate surface area is 184 Å². The summed E-state index contributed by atoms with van der Waals surface area (Å²) in [4.78, 5) is 38.6. The predicted octanol–water partition coefficient (Wildman–Crippen LogP) is 3.39. The number of benzene rings is 2. The summed E-state index contributed by atoms with van der Waals surface area (Å²) in [6.07, 6.45) is 1.48. The zero-order chi connectivity index (χ0) is 21.7. The summed E-state index contributed by atoms with van der Waals surface area (Å²) in [6, 6.07) is 11.0. The van der Waals surface area contributed by atoms with Crippen LogP contribution >= 0.6 is 23.2 Å². The van der Waals surface area contributed by atoms with E-state index in [1.165, 1.54) is 0 Å². The van der Waals surface area contributed by atoms with E-state index in [9.17, 15) is 14.4 Å². The monoisotopic (exact) mass is 448 g/mol. The van der Waals surface area contributed by atoms with Gasteiger partial charge in [0.1, 0.15) is 0 Å². The fourth-order valence-electron chi connectivity index (χ4n) is 3.40. The molecule has 1 aliphatic heterocycles. The van der Waals surface area contributed by atoms with Crippen molar-refractivity contribution in [2.24, 2.45) is 0 Å². The second-order valence-electron chi connectivity index (χ2n) is 6.98. The van der Waals surface area contributed by atoms with E-state index in [-0.39, 0.29) is 24.3 Å². The molecule has 1 fully saturated rings. The molecule has 9 heteroatoms. The summed E-state index contributed by atoms with van der Waals surface area (Å²) >= 11 is 12.0. The molecule has 1 aliphatic rings.